The van der Waals surface area contributed by atoms with E-state index >= 15 is 0 Å². The number of hydrogen-bond acceptors (Lipinski definition) is 1. The van der Waals surface area contributed by atoms with Crippen molar-refractivity contribution < 1.29 is 5.48 Å². The fourth-order valence-corrected chi connectivity index (χ4v) is 0.939. The summed E-state index contributed by atoms with van der Waals surface area (Å²) in [5.74, 6) is 0. The first kappa shape index (κ1) is 3.85. The molecule has 0 aliphatic rings. The zero-order chi connectivity index (χ0) is 11.7. The van der Waals surface area contributed by atoms with E-state index < -0.39 is 0 Å². The van der Waals surface area contributed by atoms with Crippen molar-refractivity contribution in [3.05, 3.63) is 54.6 Å². The van der Waals surface area contributed by atoms with E-state index in [2.05, 4.69) is 4.98 Å². The summed E-state index contributed by atoms with van der Waals surface area (Å²) < 4.78 is 30.2. The quantitative estimate of drug-likeness (QED) is 0.623. The molecule has 1 aromatic heterocycles. The average Bonchev–Trinajstić information content (AvgIpc) is 2.32. The predicted octanol–water partition coefficient (Wildman–Crippen LogP) is 2.75. The lowest BCUT2D eigenvalue weighted by Crippen LogP contribution is -1.79. The van der Waals surface area contributed by atoms with Crippen LogP contribution in [-0.2, 0) is 0 Å². The van der Waals surface area contributed by atoms with Gasteiger partial charge in [0.15, 0.2) is 0 Å². The molecule has 0 unspecified atom stereocenters. The van der Waals surface area contributed by atoms with Crippen LogP contribution < -0.4 is 0 Å². The minimum absolute atomic E-state index is 0.0540. The third-order valence-corrected chi connectivity index (χ3v) is 1.49. The Morgan fingerprint density at radius 3 is 2.92 bits per heavy atom. The maximum atomic E-state index is 7.74. The summed E-state index contributed by atoms with van der Waals surface area (Å²) in [6, 6.07) is 6.11. The zero-order valence-electron chi connectivity index (χ0n) is 10.3. The maximum absolute atomic E-state index is 7.74. The second-order valence-corrected chi connectivity index (χ2v) is 2.29. The molecule has 0 amide bonds. The number of aromatic nitrogens is 1. The highest BCUT2D eigenvalue weighted by Crippen LogP contribution is 2.14. The highest BCUT2D eigenvalue weighted by molar-refractivity contribution is 5.58. The van der Waals surface area contributed by atoms with Gasteiger partial charge in [0, 0.05) is 11.8 Å². The van der Waals surface area contributed by atoms with E-state index in [0.717, 1.165) is 0 Å². The molecule has 0 N–H and O–H groups in total. The Morgan fingerprint density at radius 1 is 1.08 bits per heavy atom. The molecule has 0 aliphatic carbocycles. The van der Waals surface area contributed by atoms with Crippen LogP contribution >= 0.6 is 0 Å². The fraction of sp³-hybridized carbons (Fsp3) is 0. The summed E-state index contributed by atoms with van der Waals surface area (Å²) >= 11 is 0. The third kappa shape index (κ3) is 1.35. The van der Waals surface area contributed by atoms with Gasteiger partial charge in [-0.05, 0) is 12.1 Å². The number of pyridine rings is 1. The Morgan fingerprint density at radius 2 is 2.08 bits per heavy atom. The van der Waals surface area contributed by atoms with E-state index in [0.29, 0.717) is 11.3 Å². The van der Waals surface area contributed by atoms with Gasteiger partial charge in [0.2, 0.25) is 0 Å². The molecule has 0 fully saturated rings. The summed E-state index contributed by atoms with van der Waals surface area (Å²) in [7, 11) is 0. The molecule has 2 aromatic rings. The van der Waals surface area contributed by atoms with E-state index in [1.165, 1.54) is 6.07 Å². The minimum Gasteiger partial charge on any atom is -0.256 e. The van der Waals surface area contributed by atoms with Crippen LogP contribution in [0.1, 0.15) is 5.48 Å². The normalized spacial score (nSPS) is 14.3. The first-order valence-corrected chi connectivity index (χ1v) is 3.60. The van der Waals surface area contributed by atoms with Crippen LogP contribution in [0.15, 0.2) is 54.6 Å². The lowest BCUT2D eigenvalue weighted by Gasteiger charge is -1.97. The van der Waals surface area contributed by atoms with E-state index in [9.17, 15) is 0 Å². The van der Waals surface area contributed by atoms with Gasteiger partial charge < -0.3 is 0 Å². The van der Waals surface area contributed by atoms with Crippen molar-refractivity contribution in [1.82, 2.24) is 4.98 Å². The van der Waals surface area contributed by atoms with Gasteiger partial charge in [0.25, 0.3) is 0 Å². The highest BCUT2D eigenvalue weighted by atomic mass is 14.7. The van der Waals surface area contributed by atoms with Gasteiger partial charge in [0.05, 0.1) is 11.2 Å². The molecule has 0 saturated heterocycles. The number of hydrogen-bond donors (Lipinski definition) is 0. The molecule has 1 heterocycles. The molecule has 58 valence electrons. The Kier molecular flexibility index (Phi) is 1.02. The average molecular weight is 159 g/mol. The molecule has 2 rings (SSSR count). The first-order valence-electron chi connectivity index (χ1n) is 5.60. The van der Waals surface area contributed by atoms with E-state index in [4.69, 9.17) is 5.48 Å². The largest absolute Gasteiger partial charge is 0.256 e. The van der Waals surface area contributed by atoms with Crippen LogP contribution in [0, 0.1) is 0 Å². The van der Waals surface area contributed by atoms with Gasteiger partial charge in [-0.3, -0.25) is 4.98 Å². The lowest BCUT2D eigenvalue weighted by atomic mass is 10.1. The molecule has 0 radical (unpaired) electrons. The van der Waals surface area contributed by atoms with Crippen molar-refractivity contribution in [2.24, 2.45) is 0 Å². The molecular formula is C11H9N. The van der Waals surface area contributed by atoms with Gasteiger partial charge in [-0.2, -0.15) is 0 Å². The van der Waals surface area contributed by atoms with Crippen LogP contribution in [0.3, 0.4) is 0 Å². The van der Waals surface area contributed by atoms with Crippen LogP contribution in [0.2, 0.25) is 0 Å². The van der Waals surface area contributed by atoms with E-state index in [1.807, 2.05) is 0 Å². The highest BCUT2D eigenvalue weighted by Gasteiger charge is 1.93. The standard InChI is InChI=1S/C11H9N/c1-2-6-10(7-3-1)11-8-4-5-9-12-11/h1-9H/i1D,2D,3D,6D. The first-order chi connectivity index (χ1) is 7.61. The zero-order valence-corrected chi connectivity index (χ0v) is 6.33. The third-order valence-electron chi connectivity index (χ3n) is 1.49. The monoisotopic (exact) mass is 159 g/mol. The molecule has 0 bridgehead atoms. The molecular weight excluding hydrogens is 146 g/mol. The van der Waals surface area contributed by atoms with E-state index in [1.54, 1.807) is 24.4 Å². The second kappa shape index (κ2) is 3.18. The minimum atomic E-state index is -0.229. The summed E-state index contributed by atoms with van der Waals surface area (Å²) in [6.07, 6.45) is 1.59. The van der Waals surface area contributed by atoms with Crippen molar-refractivity contribution in [3.8, 4) is 11.3 Å². The van der Waals surface area contributed by atoms with Crippen molar-refractivity contribution in [3.63, 3.8) is 0 Å². The molecule has 0 aliphatic heterocycles. The smallest absolute Gasteiger partial charge is 0.0701 e. The van der Waals surface area contributed by atoms with Crippen molar-refractivity contribution >= 4 is 0 Å². The number of nitrogens with zero attached hydrogens (tertiary/aromatic N) is 1. The van der Waals surface area contributed by atoms with Crippen molar-refractivity contribution in [2.45, 2.75) is 0 Å². The van der Waals surface area contributed by atoms with Gasteiger partial charge in [-0.15, -0.1) is 0 Å². The van der Waals surface area contributed by atoms with Crippen LogP contribution in [-0.4, -0.2) is 4.98 Å². The Balaban J connectivity index is 2.68. The van der Waals surface area contributed by atoms with Crippen LogP contribution in [0.5, 0.6) is 0 Å². The van der Waals surface area contributed by atoms with Gasteiger partial charge in [0.1, 0.15) is 0 Å². The lowest BCUT2D eigenvalue weighted by molar-refractivity contribution is 1.33. The van der Waals surface area contributed by atoms with Crippen molar-refractivity contribution in [2.75, 3.05) is 0 Å². The van der Waals surface area contributed by atoms with Gasteiger partial charge in [-0.25, -0.2) is 0 Å². The Hall–Kier alpha value is -1.63. The number of benzene rings is 1. The topological polar surface area (TPSA) is 12.9 Å². The Bertz CT molecular complexity index is 525. The molecule has 0 spiro atoms. The van der Waals surface area contributed by atoms with Crippen LogP contribution in [0.4, 0.5) is 0 Å². The second-order valence-electron chi connectivity index (χ2n) is 2.29. The molecule has 0 atom stereocenters. The van der Waals surface area contributed by atoms with Gasteiger partial charge in [-0.1, -0.05) is 36.3 Å². The van der Waals surface area contributed by atoms with Crippen LogP contribution in [0.25, 0.3) is 11.3 Å². The fourth-order valence-electron chi connectivity index (χ4n) is 0.939. The predicted molar refractivity (Wildman–Crippen MR) is 49.7 cm³/mol. The Labute approximate surface area is 77.3 Å². The molecule has 0 saturated carbocycles. The van der Waals surface area contributed by atoms with E-state index in [-0.39, 0.29) is 24.2 Å². The SMILES string of the molecule is [2H]c1cc(-c2ccccn2)c([2H])c([2H])c1[2H]. The molecule has 1 nitrogen and oxygen atoms in total. The van der Waals surface area contributed by atoms with Gasteiger partial charge >= 0.3 is 0 Å². The molecule has 1 aromatic carbocycles. The summed E-state index contributed by atoms with van der Waals surface area (Å²) in [5.41, 5.74) is 0.973. The molecule has 1 heteroatoms. The summed E-state index contributed by atoms with van der Waals surface area (Å²) in [5, 5.41) is 0. The summed E-state index contributed by atoms with van der Waals surface area (Å²) in [4.78, 5) is 4.07. The molecule has 12 heavy (non-hydrogen) atoms. The number of rotatable bonds is 1. The summed E-state index contributed by atoms with van der Waals surface area (Å²) in [6.45, 7) is 0. The van der Waals surface area contributed by atoms with Crippen molar-refractivity contribution in [1.29, 1.82) is 0 Å². The maximum Gasteiger partial charge on any atom is 0.0701 e.